The normalized spacial score (nSPS) is 27.4. The van der Waals surface area contributed by atoms with E-state index in [0.717, 1.165) is 94.2 Å². The predicted molar refractivity (Wildman–Crippen MR) is 227 cm³/mol. The molecule has 6 saturated heterocycles. The van der Waals surface area contributed by atoms with Crippen molar-refractivity contribution in [3.05, 3.63) is 96.3 Å². The highest BCUT2D eigenvalue weighted by molar-refractivity contribution is 5.91. The van der Waals surface area contributed by atoms with Crippen LogP contribution in [0.15, 0.2) is 85.2 Å². The van der Waals surface area contributed by atoms with Crippen molar-refractivity contribution in [2.75, 3.05) is 40.4 Å². The van der Waals surface area contributed by atoms with Gasteiger partial charge >= 0.3 is 0 Å². The lowest BCUT2D eigenvalue weighted by molar-refractivity contribution is -0.0505. The molecule has 3 aromatic carbocycles. The molecule has 9 heterocycles. The van der Waals surface area contributed by atoms with Crippen LogP contribution in [0, 0.1) is 23.7 Å². The van der Waals surface area contributed by atoms with Crippen molar-refractivity contribution in [3.8, 4) is 23.3 Å². The van der Waals surface area contributed by atoms with Crippen LogP contribution >= 0.6 is 0 Å². The largest absolute Gasteiger partial charge is 0.497 e. The number of hydrogen-bond donors (Lipinski definition) is 0. The van der Waals surface area contributed by atoms with Crippen LogP contribution in [0.5, 0.6) is 23.3 Å². The van der Waals surface area contributed by atoms with Gasteiger partial charge in [0.15, 0.2) is 0 Å². The minimum absolute atomic E-state index is 0.180. The Bertz CT molecular complexity index is 2280. The first-order valence-electron chi connectivity index (χ1n) is 21.5. The highest BCUT2D eigenvalue weighted by Gasteiger charge is 2.46. The fraction of sp³-hybridized carbons (Fsp3) is 0.458. The van der Waals surface area contributed by atoms with Crippen molar-refractivity contribution in [1.29, 1.82) is 0 Å². The van der Waals surface area contributed by atoms with E-state index in [-0.39, 0.29) is 24.3 Å². The fourth-order valence-electron chi connectivity index (χ4n) is 11.1. The summed E-state index contributed by atoms with van der Waals surface area (Å²) in [6.45, 7) is 9.00. The molecule has 10 heteroatoms. The molecular weight excluding hydrogens is 725 g/mol. The number of piperidine rings is 6. The van der Waals surface area contributed by atoms with Crippen LogP contribution in [0.2, 0.25) is 0 Å². The summed E-state index contributed by atoms with van der Waals surface area (Å²) < 4.78 is 26.0. The van der Waals surface area contributed by atoms with E-state index in [4.69, 9.17) is 39.1 Å². The van der Waals surface area contributed by atoms with E-state index in [9.17, 15) is 0 Å². The van der Waals surface area contributed by atoms with Gasteiger partial charge in [-0.3, -0.25) is 19.8 Å². The molecule has 6 aliphatic heterocycles. The molecule has 4 bridgehead atoms. The van der Waals surface area contributed by atoms with Gasteiger partial charge in [-0.05, 0) is 123 Å². The van der Waals surface area contributed by atoms with Crippen molar-refractivity contribution in [3.63, 3.8) is 0 Å². The standard InChI is InChI=1S/C48H54N6O4/c1-5-29-27-53-21-17-31(29)23-43(53)45(35-15-19-49-41-13-11-33(55-3)25-39(35)41)57-47-37-9-7-8-10-38(37)48(52-51-47)58-46(44-24-32-18-22-54(44)28-30(32)6-2)36-16-20-50-42-14-12-34(56-4)26-40(36)42/h7-16,19-20,25-26,29-32,43-46H,5-6,17-18,21-24,27-28H2,1-4H3/t29?,30?,31?,32?,43?,44?,45-,46?/m0/s1. The van der Waals surface area contributed by atoms with Gasteiger partial charge in [-0.25, -0.2) is 0 Å². The maximum atomic E-state index is 7.30. The first-order valence-corrected chi connectivity index (χ1v) is 21.5. The number of ether oxygens (including phenoxy) is 4. The summed E-state index contributed by atoms with van der Waals surface area (Å²) in [5.74, 6) is 5.39. The van der Waals surface area contributed by atoms with E-state index in [0.29, 0.717) is 35.4 Å². The third-order valence-corrected chi connectivity index (χ3v) is 14.3. The summed E-state index contributed by atoms with van der Waals surface area (Å²) in [5, 5.41) is 13.7. The Morgan fingerprint density at radius 3 is 1.47 bits per heavy atom. The van der Waals surface area contributed by atoms with Crippen LogP contribution in [0.25, 0.3) is 32.6 Å². The lowest BCUT2D eigenvalue weighted by Gasteiger charge is -2.52. The van der Waals surface area contributed by atoms with E-state index in [1.54, 1.807) is 14.2 Å². The zero-order valence-corrected chi connectivity index (χ0v) is 34.1. The zero-order chi connectivity index (χ0) is 39.3. The fourth-order valence-corrected chi connectivity index (χ4v) is 11.1. The topological polar surface area (TPSA) is 95.0 Å². The SMILES string of the molecule is CCC1CN2CCC1CC2C(Oc1nnc(O[C@@H](c2ccnc3ccc(OC)cc23)C2CC3CCN2CC3CC)c2ccccc12)c1ccnc2ccc(OC)cc12. The maximum Gasteiger partial charge on any atom is 0.242 e. The van der Waals surface area contributed by atoms with Crippen LogP contribution in [-0.4, -0.2) is 82.4 Å². The smallest absolute Gasteiger partial charge is 0.242 e. The molecule has 6 aliphatic rings. The van der Waals surface area contributed by atoms with Crippen molar-refractivity contribution in [2.45, 2.75) is 76.7 Å². The molecular formula is C48H54N6O4. The first-order chi connectivity index (χ1) is 28.5. The third-order valence-electron chi connectivity index (χ3n) is 14.3. The molecule has 3 aromatic heterocycles. The molecule has 6 aromatic rings. The Morgan fingerprint density at radius 1 is 0.603 bits per heavy atom. The van der Waals surface area contributed by atoms with Gasteiger partial charge in [0.1, 0.15) is 23.7 Å². The summed E-state index contributed by atoms with van der Waals surface area (Å²) in [5.41, 5.74) is 4.01. The Labute approximate surface area is 340 Å². The van der Waals surface area contributed by atoms with Gasteiger partial charge in [-0.2, -0.15) is 0 Å². The van der Waals surface area contributed by atoms with Crippen LogP contribution < -0.4 is 18.9 Å². The van der Waals surface area contributed by atoms with E-state index in [2.05, 4.69) is 72.2 Å². The van der Waals surface area contributed by atoms with Crippen molar-refractivity contribution < 1.29 is 18.9 Å². The van der Waals surface area contributed by atoms with Gasteiger partial charge in [0.2, 0.25) is 11.8 Å². The van der Waals surface area contributed by atoms with Gasteiger partial charge in [0.05, 0.1) is 48.1 Å². The van der Waals surface area contributed by atoms with Crippen LogP contribution in [0.1, 0.15) is 75.7 Å². The quantitative estimate of drug-likeness (QED) is 0.120. The van der Waals surface area contributed by atoms with E-state index in [1.807, 2.05) is 36.7 Å². The summed E-state index contributed by atoms with van der Waals surface area (Å²) >= 11 is 0. The van der Waals surface area contributed by atoms with Crippen LogP contribution in [-0.2, 0) is 0 Å². The van der Waals surface area contributed by atoms with Crippen molar-refractivity contribution in [1.82, 2.24) is 30.0 Å². The molecule has 0 aliphatic carbocycles. The molecule has 0 N–H and O–H groups in total. The summed E-state index contributed by atoms with van der Waals surface area (Å²) in [6.07, 6.45) is 10.2. The molecule has 10 atom stereocenters. The zero-order valence-electron chi connectivity index (χ0n) is 34.1. The minimum atomic E-state index is -0.300. The number of aromatic nitrogens is 4. The minimum Gasteiger partial charge on any atom is -0.497 e. The van der Waals surface area contributed by atoms with E-state index in [1.165, 1.54) is 25.7 Å². The van der Waals surface area contributed by atoms with Crippen LogP contribution in [0.4, 0.5) is 0 Å². The molecule has 300 valence electrons. The molecule has 0 spiro atoms. The second-order valence-electron chi connectivity index (χ2n) is 17.0. The molecule has 58 heavy (non-hydrogen) atoms. The van der Waals surface area contributed by atoms with Gasteiger partial charge < -0.3 is 18.9 Å². The molecule has 12 rings (SSSR count). The Balaban J connectivity index is 1.06. The monoisotopic (exact) mass is 778 g/mol. The number of rotatable bonds is 12. The highest BCUT2D eigenvalue weighted by atomic mass is 16.5. The predicted octanol–water partition coefficient (Wildman–Crippen LogP) is 9.22. The maximum absolute atomic E-state index is 7.30. The molecule has 6 fully saturated rings. The number of nitrogens with zero attached hydrogens (tertiary/aromatic N) is 6. The van der Waals surface area contributed by atoms with Gasteiger partial charge in [-0.15, -0.1) is 10.2 Å². The third kappa shape index (κ3) is 6.58. The number of fused-ring (bicyclic) bond motifs is 9. The highest BCUT2D eigenvalue weighted by Crippen LogP contribution is 2.47. The Kier molecular flexibility index (Phi) is 10.0. The number of benzene rings is 3. The van der Waals surface area contributed by atoms with E-state index >= 15 is 0 Å². The van der Waals surface area contributed by atoms with Gasteiger partial charge in [-0.1, -0.05) is 38.8 Å². The molecule has 9 unspecified atom stereocenters. The summed E-state index contributed by atoms with van der Waals surface area (Å²) in [4.78, 5) is 14.8. The second-order valence-corrected chi connectivity index (χ2v) is 17.0. The Morgan fingerprint density at radius 2 is 1.07 bits per heavy atom. The number of methoxy groups -OCH3 is 2. The van der Waals surface area contributed by atoms with Crippen molar-refractivity contribution in [2.24, 2.45) is 23.7 Å². The lowest BCUT2D eigenvalue weighted by atomic mass is 9.72. The summed E-state index contributed by atoms with van der Waals surface area (Å²) in [6, 6.07) is 25.1. The number of hydrogen-bond acceptors (Lipinski definition) is 10. The number of pyridine rings is 2. The molecule has 0 saturated carbocycles. The average Bonchev–Trinajstić information content (AvgIpc) is 3.29. The average molecular weight is 779 g/mol. The second kappa shape index (κ2) is 15.6. The summed E-state index contributed by atoms with van der Waals surface area (Å²) in [7, 11) is 3.42. The molecule has 10 nitrogen and oxygen atoms in total. The molecule has 0 radical (unpaired) electrons. The van der Waals surface area contributed by atoms with Crippen LogP contribution in [0.3, 0.4) is 0 Å². The lowest BCUT2D eigenvalue weighted by Crippen LogP contribution is -2.56. The molecule has 0 amide bonds. The van der Waals surface area contributed by atoms with Gasteiger partial charge in [0, 0.05) is 47.4 Å². The van der Waals surface area contributed by atoms with Gasteiger partial charge in [0.25, 0.3) is 0 Å². The van der Waals surface area contributed by atoms with E-state index < -0.39 is 0 Å². The first kappa shape index (κ1) is 37.2. The van der Waals surface area contributed by atoms with Crippen molar-refractivity contribution >= 4 is 32.6 Å². The Hall–Kier alpha value is -5.06.